The number of carbonyl (C=O) groups is 3. The van der Waals surface area contributed by atoms with E-state index in [2.05, 4.69) is 5.32 Å². The van der Waals surface area contributed by atoms with Crippen LogP contribution in [0.15, 0.2) is 22.8 Å². The predicted octanol–water partition coefficient (Wildman–Crippen LogP) is 0.644. The molecule has 0 spiro atoms. The summed E-state index contributed by atoms with van der Waals surface area (Å²) in [4.78, 5) is 37.5. The second kappa shape index (κ2) is 7.30. The first kappa shape index (κ1) is 17.1. The zero-order chi connectivity index (χ0) is 17.0. The number of amides is 3. The number of primary amides is 1. The van der Waals surface area contributed by atoms with E-state index in [0.717, 1.165) is 6.42 Å². The first-order chi connectivity index (χ1) is 10.9. The standard InChI is InChI=1S/C16H23N3O4/c1-3-10(2)14(15(17)21)18-16(22)11-7-13(20)19(8-11)9-12-5-4-6-23-12/h4-6,10-11,14H,3,7-9H2,1-2H3,(H2,17,21)(H,18,22). The Bertz CT molecular complexity index is 570. The molecule has 2 heterocycles. The largest absolute Gasteiger partial charge is 0.467 e. The van der Waals surface area contributed by atoms with Gasteiger partial charge in [0.25, 0.3) is 0 Å². The van der Waals surface area contributed by atoms with Crippen LogP contribution in [0.25, 0.3) is 0 Å². The molecule has 1 aromatic heterocycles. The molecule has 7 heteroatoms. The number of nitrogens with two attached hydrogens (primary N) is 1. The lowest BCUT2D eigenvalue weighted by atomic mass is 9.97. The Morgan fingerprint density at radius 2 is 2.26 bits per heavy atom. The normalized spacial score (nSPS) is 20.3. The average molecular weight is 321 g/mol. The van der Waals surface area contributed by atoms with E-state index >= 15 is 0 Å². The number of rotatable bonds is 7. The van der Waals surface area contributed by atoms with E-state index in [1.54, 1.807) is 23.3 Å². The molecule has 3 amide bonds. The number of nitrogens with one attached hydrogen (secondary N) is 1. The summed E-state index contributed by atoms with van der Waals surface area (Å²) in [6.45, 7) is 4.45. The van der Waals surface area contributed by atoms with Gasteiger partial charge in [0.2, 0.25) is 17.7 Å². The van der Waals surface area contributed by atoms with Crippen molar-refractivity contribution in [3.8, 4) is 0 Å². The van der Waals surface area contributed by atoms with E-state index in [-0.39, 0.29) is 24.2 Å². The van der Waals surface area contributed by atoms with E-state index in [1.807, 2.05) is 13.8 Å². The zero-order valence-corrected chi connectivity index (χ0v) is 13.5. The van der Waals surface area contributed by atoms with Gasteiger partial charge in [-0.3, -0.25) is 14.4 Å². The molecule has 126 valence electrons. The maximum atomic E-state index is 12.4. The van der Waals surface area contributed by atoms with Gasteiger partial charge in [0.05, 0.1) is 18.7 Å². The first-order valence-corrected chi connectivity index (χ1v) is 7.82. The van der Waals surface area contributed by atoms with Crippen LogP contribution in [0.4, 0.5) is 0 Å². The Balaban J connectivity index is 1.95. The van der Waals surface area contributed by atoms with Crippen molar-refractivity contribution < 1.29 is 18.8 Å². The first-order valence-electron chi connectivity index (χ1n) is 7.82. The van der Waals surface area contributed by atoms with Crippen LogP contribution in [0.1, 0.15) is 32.4 Å². The number of likely N-dealkylation sites (tertiary alicyclic amines) is 1. The molecule has 0 bridgehead atoms. The third-order valence-corrected chi connectivity index (χ3v) is 4.33. The van der Waals surface area contributed by atoms with Gasteiger partial charge in [-0.2, -0.15) is 0 Å². The van der Waals surface area contributed by atoms with Crippen LogP contribution in [0.5, 0.6) is 0 Å². The molecule has 1 aromatic rings. The number of hydrogen-bond donors (Lipinski definition) is 2. The Morgan fingerprint density at radius 1 is 1.52 bits per heavy atom. The lowest BCUT2D eigenvalue weighted by molar-refractivity contribution is -0.131. The van der Waals surface area contributed by atoms with Crippen molar-refractivity contribution >= 4 is 17.7 Å². The second-order valence-corrected chi connectivity index (χ2v) is 6.03. The van der Waals surface area contributed by atoms with Crippen molar-refractivity contribution in [3.05, 3.63) is 24.2 Å². The van der Waals surface area contributed by atoms with Gasteiger partial charge in [-0.05, 0) is 18.1 Å². The molecular weight excluding hydrogens is 298 g/mol. The van der Waals surface area contributed by atoms with E-state index < -0.39 is 17.9 Å². The number of furan rings is 1. The van der Waals surface area contributed by atoms with Gasteiger partial charge >= 0.3 is 0 Å². The molecule has 1 saturated heterocycles. The molecular formula is C16H23N3O4. The van der Waals surface area contributed by atoms with Gasteiger partial charge in [0.1, 0.15) is 11.8 Å². The van der Waals surface area contributed by atoms with Crippen LogP contribution in [-0.2, 0) is 20.9 Å². The van der Waals surface area contributed by atoms with Gasteiger partial charge in [-0.15, -0.1) is 0 Å². The summed E-state index contributed by atoms with van der Waals surface area (Å²) in [5.74, 6) is -0.792. The summed E-state index contributed by atoms with van der Waals surface area (Å²) >= 11 is 0. The van der Waals surface area contributed by atoms with Gasteiger partial charge in [0, 0.05) is 13.0 Å². The van der Waals surface area contributed by atoms with Crippen LogP contribution >= 0.6 is 0 Å². The number of carbonyl (C=O) groups excluding carboxylic acids is 3. The maximum absolute atomic E-state index is 12.4. The monoisotopic (exact) mass is 321 g/mol. The van der Waals surface area contributed by atoms with Gasteiger partial charge < -0.3 is 20.4 Å². The molecule has 23 heavy (non-hydrogen) atoms. The fourth-order valence-electron chi connectivity index (χ4n) is 2.69. The predicted molar refractivity (Wildman–Crippen MR) is 82.8 cm³/mol. The Labute approximate surface area is 135 Å². The van der Waals surface area contributed by atoms with Crippen molar-refractivity contribution in [1.82, 2.24) is 10.2 Å². The van der Waals surface area contributed by atoms with Crippen LogP contribution in [0.3, 0.4) is 0 Å². The molecule has 1 aliphatic heterocycles. The molecule has 0 aromatic carbocycles. The molecule has 3 atom stereocenters. The Morgan fingerprint density at radius 3 is 2.83 bits per heavy atom. The van der Waals surface area contributed by atoms with Gasteiger partial charge in [-0.1, -0.05) is 20.3 Å². The topological polar surface area (TPSA) is 106 Å². The van der Waals surface area contributed by atoms with Crippen LogP contribution in [-0.4, -0.2) is 35.2 Å². The third kappa shape index (κ3) is 4.12. The highest BCUT2D eigenvalue weighted by Gasteiger charge is 2.36. The molecule has 3 unspecified atom stereocenters. The lowest BCUT2D eigenvalue weighted by Crippen LogP contribution is -2.50. The molecule has 7 nitrogen and oxygen atoms in total. The minimum atomic E-state index is -0.707. The van der Waals surface area contributed by atoms with Gasteiger partial charge in [0.15, 0.2) is 0 Å². The highest BCUT2D eigenvalue weighted by Crippen LogP contribution is 2.21. The van der Waals surface area contributed by atoms with Crippen LogP contribution < -0.4 is 11.1 Å². The van der Waals surface area contributed by atoms with Gasteiger partial charge in [-0.25, -0.2) is 0 Å². The van der Waals surface area contributed by atoms with Crippen LogP contribution in [0.2, 0.25) is 0 Å². The minimum Gasteiger partial charge on any atom is -0.467 e. The van der Waals surface area contributed by atoms with E-state index in [4.69, 9.17) is 10.2 Å². The molecule has 2 rings (SSSR count). The lowest BCUT2D eigenvalue weighted by Gasteiger charge is -2.23. The van der Waals surface area contributed by atoms with E-state index in [0.29, 0.717) is 18.8 Å². The van der Waals surface area contributed by atoms with Crippen LogP contribution in [0, 0.1) is 11.8 Å². The fourth-order valence-corrected chi connectivity index (χ4v) is 2.69. The van der Waals surface area contributed by atoms with E-state index in [9.17, 15) is 14.4 Å². The third-order valence-electron chi connectivity index (χ3n) is 4.33. The molecule has 3 N–H and O–H groups in total. The molecule has 0 saturated carbocycles. The van der Waals surface area contributed by atoms with Crippen molar-refractivity contribution in [2.24, 2.45) is 17.6 Å². The number of nitrogens with zero attached hydrogens (tertiary/aromatic N) is 1. The molecule has 1 aliphatic rings. The molecule has 0 radical (unpaired) electrons. The highest BCUT2D eigenvalue weighted by atomic mass is 16.3. The summed E-state index contributed by atoms with van der Waals surface area (Å²) in [6.07, 6.45) is 2.41. The van der Waals surface area contributed by atoms with Crippen molar-refractivity contribution in [2.45, 2.75) is 39.3 Å². The molecule has 0 aliphatic carbocycles. The zero-order valence-electron chi connectivity index (χ0n) is 13.5. The average Bonchev–Trinajstić information content (AvgIpc) is 3.14. The fraction of sp³-hybridized carbons (Fsp3) is 0.562. The quantitative estimate of drug-likeness (QED) is 0.769. The molecule has 1 fully saturated rings. The maximum Gasteiger partial charge on any atom is 0.240 e. The Hall–Kier alpha value is -2.31. The summed E-state index contributed by atoms with van der Waals surface area (Å²) < 4.78 is 5.23. The summed E-state index contributed by atoms with van der Waals surface area (Å²) in [5.41, 5.74) is 5.36. The Kier molecular flexibility index (Phi) is 5.41. The SMILES string of the molecule is CCC(C)C(NC(=O)C1CC(=O)N(Cc2ccco2)C1)C(N)=O. The smallest absolute Gasteiger partial charge is 0.240 e. The van der Waals surface area contributed by atoms with Crippen molar-refractivity contribution in [3.63, 3.8) is 0 Å². The summed E-state index contributed by atoms with van der Waals surface area (Å²) in [5, 5.41) is 2.69. The summed E-state index contributed by atoms with van der Waals surface area (Å²) in [7, 11) is 0. The summed E-state index contributed by atoms with van der Waals surface area (Å²) in [6, 6.07) is 2.83. The minimum absolute atomic E-state index is 0.0484. The van der Waals surface area contributed by atoms with Crippen molar-refractivity contribution in [1.29, 1.82) is 0 Å². The van der Waals surface area contributed by atoms with E-state index in [1.165, 1.54) is 0 Å². The number of hydrogen-bond acceptors (Lipinski definition) is 4. The van der Waals surface area contributed by atoms with Crippen molar-refractivity contribution in [2.75, 3.05) is 6.54 Å². The second-order valence-electron chi connectivity index (χ2n) is 6.03. The highest BCUT2D eigenvalue weighted by molar-refractivity contribution is 5.92.